The maximum absolute atomic E-state index is 13.2. The molecule has 3 heterocycles. The summed E-state index contributed by atoms with van der Waals surface area (Å²) in [6.45, 7) is 3.58. The van der Waals surface area contributed by atoms with E-state index in [0.717, 1.165) is 13.1 Å². The summed E-state index contributed by atoms with van der Waals surface area (Å²) in [5.41, 5.74) is 1.34. The number of hydrogen-bond donors (Lipinski definition) is 3. The van der Waals surface area contributed by atoms with Crippen LogP contribution in [-0.4, -0.2) is 71.5 Å². The SMILES string of the molecule is O=S(=O)(c1ccc(Nc2nccc(Nc3ccc(F)cc3)n2)cc1)N1CCC(C(O)CN2CCCC2)CC1. The monoisotopic (exact) mass is 540 g/mol. The van der Waals surface area contributed by atoms with Crippen molar-refractivity contribution in [2.45, 2.75) is 36.7 Å². The van der Waals surface area contributed by atoms with Crippen molar-refractivity contribution < 1.29 is 17.9 Å². The number of nitrogens with one attached hydrogen (secondary N) is 2. The summed E-state index contributed by atoms with van der Waals surface area (Å²) >= 11 is 0. The van der Waals surface area contributed by atoms with Gasteiger partial charge in [-0.05, 0) is 99.3 Å². The van der Waals surface area contributed by atoms with E-state index in [2.05, 4.69) is 25.5 Å². The number of nitrogens with zero attached hydrogens (tertiary/aromatic N) is 4. The number of piperidine rings is 1. The summed E-state index contributed by atoms with van der Waals surface area (Å²) < 4.78 is 41.1. The average Bonchev–Trinajstić information content (AvgIpc) is 3.44. The lowest BCUT2D eigenvalue weighted by Crippen LogP contribution is -2.43. The molecule has 2 saturated heterocycles. The van der Waals surface area contributed by atoms with Crippen LogP contribution in [0.25, 0.3) is 0 Å². The van der Waals surface area contributed by atoms with Gasteiger partial charge in [0, 0.05) is 37.2 Å². The number of aromatic nitrogens is 2. The van der Waals surface area contributed by atoms with Crippen LogP contribution in [0.4, 0.5) is 27.5 Å². The van der Waals surface area contributed by atoms with Crippen LogP contribution in [0.5, 0.6) is 0 Å². The first-order valence-electron chi connectivity index (χ1n) is 13.0. The molecule has 1 aromatic heterocycles. The minimum absolute atomic E-state index is 0.127. The van der Waals surface area contributed by atoms with Crippen LogP contribution in [0.2, 0.25) is 0 Å². The molecule has 0 saturated carbocycles. The van der Waals surface area contributed by atoms with Crippen molar-refractivity contribution in [1.29, 1.82) is 0 Å². The van der Waals surface area contributed by atoms with Gasteiger partial charge in [0.1, 0.15) is 11.6 Å². The molecule has 38 heavy (non-hydrogen) atoms. The highest BCUT2D eigenvalue weighted by Gasteiger charge is 2.33. The maximum atomic E-state index is 13.2. The predicted molar refractivity (Wildman–Crippen MR) is 145 cm³/mol. The summed E-state index contributed by atoms with van der Waals surface area (Å²) in [7, 11) is -3.62. The zero-order chi connectivity index (χ0) is 26.5. The third kappa shape index (κ3) is 6.47. The van der Waals surface area contributed by atoms with E-state index in [-0.39, 0.29) is 16.6 Å². The van der Waals surface area contributed by atoms with Crippen LogP contribution >= 0.6 is 0 Å². The molecule has 3 N–H and O–H groups in total. The molecule has 0 spiro atoms. The summed E-state index contributed by atoms with van der Waals surface area (Å²) in [5.74, 6) is 0.675. The molecule has 2 aliphatic heterocycles. The predicted octanol–water partition coefficient (Wildman–Crippen LogP) is 3.96. The van der Waals surface area contributed by atoms with E-state index in [1.807, 2.05) is 0 Å². The minimum Gasteiger partial charge on any atom is -0.392 e. The van der Waals surface area contributed by atoms with Gasteiger partial charge >= 0.3 is 0 Å². The Labute approximate surface area is 222 Å². The first-order chi connectivity index (χ1) is 18.4. The van der Waals surface area contributed by atoms with Gasteiger partial charge in [0.15, 0.2) is 0 Å². The van der Waals surface area contributed by atoms with Gasteiger partial charge in [0.05, 0.1) is 11.0 Å². The average molecular weight is 541 g/mol. The first kappa shape index (κ1) is 26.5. The van der Waals surface area contributed by atoms with E-state index < -0.39 is 16.1 Å². The van der Waals surface area contributed by atoms with Crippen molar-refractivity contribution in [3.8, 4) is 0 Å². The summed E-state index contributed by atoms with van der Waals surface area (Å²) in [6, 6.07) is 14.2. The van der Waals surface area contributed by atoms with Gasteiger partial charge in [0.25, 0.3) is 0 Å². The molecule has 3 aromatic rings. The van der Waals surface area contributed by atoms with Gasteiger partial charge in [-0.2, -0.15) is 9.29 Å². The van der Waals surface area contributed by atoms with Crippen LogP contribution in [0.15, 0.2) is 65.7 Å². The first-order valence-corrected chi connectivity index (χ1v) is 14.4. The van der Waals surface area contributed by atoms with Gasteiger partial charge in [-0.15, -0.1) is 0 Å². The van der Waals surface area contributed by atoms with Gasteiger partial charge in [-0.3, -0.25) is 0 Å². The van der Waals surface area contributed by atoms with Crippen LogP contribution in [-0.2, 0) is 10.0 Å². The molecule has 0 amide bonds. The lowest BCUT2D eigenvalue weighted by atomic mass is 9.92. The topological polar surface area (TPSA) is 111 Å². The molecule has 0 aliphatic carbocycles. The van der Waals surface area contributed by atoms with Gasteiger partial charge in [-0.25, -0.2) is 17.8 Å². The second-order valence-electron chi connectivity index (χ2n) is 9.86. The number of anilines is 4. The summed E-state index contributed by atoms with van der Waals surface area (Å²) in [4.78, 5) is 11.1. The van der Waals surface area contributed by atoms with Crippen LogP contribution in [0, 0.1) is 11.7 Å². The second kappa shape index (κ2) is 11.7. The molecule has 9 nitrogen and oxygen atoms in total. The quantitative estimate of drug-likeness (QED) is 0.374. The number of rotatable bonds is 9. The standard InChI is InChI=1S/C27H33FN6O3S/c28-21-3-5-22(6-4-21)30-26-11-14-29-27(32-26)31-23-7-9-24(10-8-23)38(36,37)34-17-12-20(13-18-34)25(35)19-33-15-1-2-16-33/h3-11,14,20,25,35H,1-2,12-13,15-19H2,(H2,29,30,31,32). The molecule has 5 rings (SSSR count). The number of halogens is 1. The molecule has 2 aliphatic rings. The highest BCUT2D eigenvalue weighted by molar-refractivity contribution is 7.89. The number of likely N-dealkylation sites (tertiary alicyclic amines) is 1. The molecular weight excluding hydrogens is 507 g/mol. The van der Waals surface area contributed by atoms with E-state index in [0.29, 0.717) is 55.6 Å². The lowest BCUT2D eigenvalue weighted by molar-refractivity contribution is 0.0485. The number of benzene rings is 2. The normalized spacial score (nSPS) is 18.4. The van der Waals surface area contributed by atoms with Crippen LogP contribution < -0.4 is 10.6 Å². The van der Waals surface area contributed by atoms with Crippen molar-refractivity contribution >= 4 is 33.2 Å². The Kier molecular flexibility index (Phi) is 8.18. The smallest absolute Gasteiger partial charge is 0.243 e. The number of aliphatic hydroxyl groups excluding tert-OH is 1. The molecule has 1 unspecified atom stereocenters. The Hall–Kier alpha value is -3.12. The Morgan fingerprint density at radius 1 is 0.921 bits per heavy atom. The molecular formula is C27H33FN6O3S. The zero-order valence-corrected chi connectivity index (χ0v) is 21.9. The van der Waals surface area contributed by atoms with Crippen molar-refractivity contribution in [2.24, 2.45) is 5.92 Å². The Bertz CT molecular complexity index is 1310. The summed E-state index contributed by atoms with van der Waals surface area (Å²) in [5, 5.41) is 16.8. The van der Waals surface area contributed by atoms with E-state index in [9.17, 15) is 17.9 Å². The van der Waals surface area contributed by atoms with Crippen molar-refractivity contribution in [3.63, 3.8) is 0 Å². The largest absolute Gasteiger partial charge is 0.392 e. The van der Waals surface area contributed by atoms with E-state index >= 15 is 0 Å². The molecule has 2 fully saturated rings. The maximum Gasteiger partial charge on any atom is 0.243 e. The third-order valence-corrected chi connectivity index (χ3v) is 9.12. The van der Waals surface area contributed by atoms with Gasteiger partial charge in [-0.1, -0.05) is 0 Å². The fourth-order valence-electron chi connectivity index (χ4n) is 5.04. The lowest BCUT2D eigenvalue weighted by Gasteiger charge is -2.34. The Balaban J connectivity index is 1.16. The number of hydrogen-bond acceptors (Lipinski definition) is 8. The van der Waals surface area contributed by atoms with Crippen molar-refractivity contribution in [2.75, 3.05) is 43.4 Å². The van der Waals surface area contributed by atoms with E-state index in [1.54, 1.807) is 48.7 Å². The number of β-amino-alcohol motifs (C(OH)–C–C–N with tert-alkyl or cyclic N) is 1. The number of aliphatic hydroxyl groups is 1. The van der Waals surface area contributed by atoms with E-state index in [1.165, 1.54) is 29.3 Å². The van der Waals surface area contributed by atoms with Crippen LogP contribution in [0.3, 0.4) is 0 Å². The van der Waals surface area contributed by atoms with Crippen molar-refractivity contribution in [3.05, 3.63) is 66.6 Å². The highest BCUT2D eigenvalue weighted by atomic mass is 32.2. The molecule has 2 aromatic carbocycles. The highest BCUT2D eigenvalue weighted by Crippen LogP contribution is 2.28. The molecule has 0 radical (unpaired) electrons. The zero-order valence-electron chi connectivity index (χ0n) is 21.1. The second-order valence-corrected chi connectivity index (χ2v) is 11.8. The Morgan fingerprint density at radius 3 is 2.24 bits per heavy atom. The fourth-order valence-corrected chi connectivity index (χ4v) is 6.51. The minimum atomic E-state index is -3.62. The van der Waals surface area contributed by atoms with Crippen molar-refractivity contribution in [1.82, 2.24) is 19.2 Å². The van der Waals surface area contributed by atoms with Gasteiger partial charge < -0.3 is 20.6 Å². The van der Waals surface area contributed by atoms with E-state index in [4.69, 9.17) is 0 Å². The molecule has 202 valence electrons. The fraction of sp³-hybridized carbons (Fsp3) is 0.407. The summed E-state index contributed by atoms with van der Waals surface area (Å²) in [6.07, 6.45) is 4.87. The molecule has 1 atom stereocenters. The molecule has 0 bridgehead atoms. The third-order valence-electron chi connectivity index (χ3n) is 7.21. The Morgan fingerprint density at radius 2 is 1.55 bits per heavy atom. The molecule has 11 heteroatoms. The van der Waals surface area contributed by atoms with Gasteiger partial charge in [0.2, 0.25) is 16.0 Å². The van der Waals surface area contributed by atoms with Crippen LogP contribution in [0.1, 0.15) is 25.7 Å². The number of sulfonamides is 1.